The molecule has 2 aliphatic rings. The summed E-state index contributed by atoms with van der Waals surface area (Å²) < 4.78 is 5.72. The summed E-state index contributed by atoms with van der Waals surface area (Å²) >= 11 is 0. The first-order valence-electron chi connectivity index (χ1n) is 6.09. The van der Waals surface area contributed by atoms with E-state index in [9.17, 15) is 0 Å². The van der Waals surface area contributed by atoms with E-state index in [1.54, 1.807) is 0 Å². The van der Waals surface area contributed by atoms with Crippen LogP contribution in [-0.4, -0.2) is 6.61 Å². The molecular weight excluding hydrogens is 200 g/mol. The summed E-state index contributed by atoms with van der Waals surface area (Å²) in [6.07, 6.45) is 4.88. The molecule has 3 heteroatoms. The van der Waals surface area contributed by atoms with Crippen LogP contribution < -0.4 is 16.0 Å². The van der Waals surface area contributed by atoms with E-state index in [0.29, 0.717) is 0 Å². The molecule has 1 unspecified atom stereocenters. The van der Waals surface area contributed by atoms with Crippen molar-refractivity contribution < 1.29 is 4.74 Å². The van der Waals surface area contributed by atoms with Crippen LogP contribution in [0.1, 0.15) is 36.4 Å². The molecule has 0 aromatic heterocycles. The Hall–Kier alpha value is -1.06. The molecular formula is C13H18N2O. The average molecular weight is 218 g/mol. The summed E-state index contributed by atoms with van der Waals surface area (Å²) in [5, 5.41) is 0. The zero-order chi connectivity index (χ0) is 11.0. The number of fused-ring (bicyclic) bond motifs is 1. The highest BCUT2D eigenvalue weighted by molar-refractivity contribution is 5.45. The molecule has 1 aliphatic heterocycles. The van der Waals surface area contributed by atoms with Crippen LogP contribution >= 0.6 is 0 Å². The van der Waals surface area contributed by atoms with E-state index in [0.717, 1.165) is 31.1 Å². The lowest BCUT2D eigenvalue weighted by molar-refractivity contribution is 0.345. The summed E-state index contributed by atoms with van der Waals surface area (Å²) in [5.74, 6) is 7.60. The van der Waals surface area contributed by atoms with E-state index in [1.807, 2.05) is 0 Å². The van der Waals surface area contributed by atoms with Gasteiger partial charge in [-0.25, -0.2) is 0 Å². The minimum Gasteiger partial charge on any atom is -0.493 e. The molecule has 86 valence electrons. The molecule has 0 amide bonds. The van der Waals surface area contributed by atoms with Crippen LogP contribution in [0, 0.1) is 5.92 Å². The van der Waals surface area contributed by atoms with Gasteiger partial charge in [0.05, 0.1) is 6.61 Å². The fourth-order valence-corrected chi connectivity index (χ4v) is 2.49. The van der Waals surface area contributed by atoms with Crippen molar-refractivity contribution in [2.45, 2.75) is 31.7 Å². The van der Waals surface area contributed by atoms with E-state index in [4.69, 9.17) is 10.6 Å². The number of rotatable bonds is 4. The summed E-state index contributed by atoms with van der Waals surface area (Å²) in [4.78, 5) is 0. The zero-order valence-corrected chi connectivity index (χ0v) is 9.41. The van der Waals surface area contributed by atoms with Gasteiger partial charge in [-0.1, -0.05) is 31.0 Å². The third-order valence-corrected chi connectivity index (χ3v) is 3.59. The van der Waals surface area contributed by atoms with Gasteiger partial charge in [0.1, 0.15) is 5.75 Å². The molecule has 1 fully saturated rings. The number of hydrogen-bond acceptors (Lipinski definition) is 3. The number of nitrogens with one attached hydrogen (secondary N) is 1. The lowest BCUT2D eigenvalue weighted by Crippen LogP contribution is -2.28. The lowest BCUT2D eigenvalue weighted by Gasteiger charge is -2.18. The molecule has 1 atom stereocenters. The predicted octanol–water partition coefficient (Wildman–Crippen LogP) is 1.93. The maximum atomic E-state index is 5.72. The van der Waals surface area contributed by atoms with Crippen LogP contribution in [-0.2, 0) is 6.42 Å². The Bertz CT molecular complexity index is 388. The van der Waals surface area contributed by atoms with Gasteiger partial charge in [0.25, 0.3) is 0 Å². The topological polar surface area (TPSA) is 47.3 Å². The quantitative estimate of drug-likeness (QED) is 0.599. The number of para-hydroxylation sites is 1. The molecule has 1 aliphatic carbocycles. The van der Waals surface area contributed by atoms with Crippen molar-refractivity contribution in [1.82, 2.24) is 5.43 Å². The number of hydrogen-bond donors (Lipinski definition) is 2. The highest BCUT2D eigenvalue weighted by atomic mass is 16.5. The third kappa shape index (κ3) is 1.81. The van der Waals surface area contributed by atoms with Gasteiger partial charge in [-0.05, 0) is 17.9 Å². The maximum Gasteiger partial charge on any atom is 0.127 e. The van der Waals surface area contributed by atoms with Crippen molar-refractivity contribution in [2.24, 2.45) is 11.8 Å². The molecule has 1 heterocycles. The SMILES string of the molecule is NNC(CC1CC1)c1cccc2c1OCC2. The van der Waals surface area contributed by atoms with E-state index in [-0.39, 0.29) is 6.04 Å². The Balaban J connectivity index is 1.88. The summed E-state index contributed by atoms with van der Waals surface area (Å²) in [5.41, 5.74) is 5.51. The summed E-state index contributed by atoms with van der Waals surface area (Å²) in [6, 6.07) is 6.65. The lowest BCUT2D eigenvalue weighted by atomic mass is 9.98. The highest BCUT2D eigenvalue weighted by Gasteiger charge is 2.28. The van der Waals surface area contributed by atoms with Gasteiger partial charge in [0.2, 0.25) is 0 Å². The molecule has 0 radical (unpaired) electrons. The van der Waals surface area contributed by atoms with E-state index in [2.05, 4.69) is 23.6 Å². The normalized spacial score (nSPS) is 20.3. The average Bonchev–Trinajstić information content (AvgIpc) is 3.00. The molecule has 1 aromatic carbocycles. The van der Waals surface area contributed by atoms with Crippen LogP contribution in [0.3, 0.4) is 0 Å². The number of hydrazine groups is 1. The van der Waals surface area contributed by atoms with Crippen molar-refractivity contribution in [3.63, 3.8) is 0 Å². The Morgan fingerprint density at radius 3 is 3.06 bits per heavy atom. The standard InChI is InChI=1S/C13H18N2O/c14-15-12(8-9-4-5-9)11-3-1-2-10-6-7-16-13(10)11/h1-3,9,12,15H,4-8,14H2. The molecule has 3 N–H and O–H groups in total. The molecule has 16 heavy (non-hydrogen) atoms. The second-order valence-corrected chi connectivity index (χ2v) is 4.83. The largest absolute Gasteiger partial charge is 0.493 e. The molecule has 1 saturated carbocycles. The van der Waals surface area contributed by atoms with Gasteiger partial charge in [0.15, 0.2) is 0 Å². The van der Waals surface area contributed by atoms with Crippen molar-refractivity contribution in [2.75, 3.05) is 6.61 Å². The van der Waals surface area contributed by atoms with E-state index >= 15 is 0 Å². The van der Waals surface area contributed by atoms with Crippen molar-refractivity contribution >= 4 is 0 Å². The second kappa shape index (κ2) is 4.07. The molecule has 0 spiro atoms. The Kier molecular flexibility index (Phi) is 2.58. The first kappa shape index (κ1) is 10.1. The second-order valence-electron chi connectivity index (χ2n) is 4.83. The Labute approximate surface area is 95.9 Å². The van der Waals surface area contributed by atoms with Crippen LogP contribution in [0.25, 0.3) is 0 Å². The van der Waals surface area contributed by atoms with Gasteiger partial charge in [0, 0.05) is 18.0 Å². The molecule has 0 saturated heterocycles. The van der Waals surface area contributed by atoms with Crippen LogP contribution in [0.4, 0.5) is 0 Å². The fourth-order valence-electron chi connectivity index (χ4n) is 2.49. The van der Waals surface area contributed by atoms with Crippen molar-refractivity contribution in [1.29, 1.82) is 0 Å². The van der Waals surface area contributed by atoms with Crippen molar-refractivity contribution in [3.05, 3.63) is 29.3 Å². The molecule has 1 aromatic rings. The first-order valence-corrected chi connectivity index (χ1v) is 6.09. The fraction of sp³-hybridized carbons (Fsp3) is 0.538. The van der Waals surface area contributed by atoms with Crippen LogP contribution in [0.2, 0.25) is 0 Å². The summed E-state index contributed by atoms with van der Waals surface area (Å²) in [6.45, 7) is 0.813. The number of benzene rings is 1. The highest BCUT2D eigenvalue weighted by Crippen LogP contribution is 2.41. The predicted molar refractivity (Wildman–Crippen MR) is 63.0 cm³/mol. The van der Waals surface area contributed by atoms with Gasteiger partial charge in [-0.3, -0.25) is 11.3 Å². The number of nitrogens with two attached hydrogens (primary N) is 1. The summed E-state index contributed by atoms with van der Waals surface area (Å²) in [7, 11) is 0. The molecule has 3 rings (SSSR count). The van der Waals surface area contributed by atoms with Gasteiger partial charge < -0.3 is 4.74 Å². The van der Waals surface area contributed by atoms with Gasteiger partial charge >= 0.3 is 0 Å². The molecule has 0 bridgehead atoms. The zero-order valence-electron chi connectivity index (χ0n) is 9.41. The monoisotopic (exact) mass is 218 g/mol. The van der Waals surface area contributed by atoms with Crippen molar-refractivity contribution in [3.8, 4) is 5.75 Å². The first-order chi connectivity index (χ1) is 7.88. The smallest absolute Gasteiger partial charge is 0.127 e. The third-order valence-electron chi connectivity index (χ3n) is 3.59. The van der Waals surface area contributed by atoms with Crippen LogP contribution in [0.5, 0.6) is 5.75 Å². The Morgan fingerprint density at radius 2 is 2.31 bits per heavy atom. The van der Waals surface area contributed by atoms with E-state index in [1.165, 1.54) is 24.0 Å². The number of ether oxygens (including phenoxy) is 1. The molecule has 3 nitrogen and oxygen atoms in total. The minimum absolute atomic E-state index is 0.251. The van der Waals surface area contributed by atoms with Crippen LogP contribution in [0.15, 0.2) is 18.2 Å². The van der Waals surface area contributed by atoms with Gasteiger partial charge in [-0.15, -0.1) is 0 Å². The maximum absolute atomic E-state index is 5.72. The Morgan fingerprint density at radius 1 is 1.44 bits per heavy atom. The van der Waals surface area contributed by atoms with E-state index < -0.39 is 0 Å². The van der Waals surface area contributed by atoms with Gasteiger partial charge in [-0.2, -0.15) is 0 Å². The minimum atomic E-state index is 0.251.